The van der Waals surface area contributed by atoms with Crippen LogP contribution in [0.5, 0.6) is 0 Å². The fourth-order valence-corrected chi connectivity index (χ4v) is 1.61. The molecule has 0 unspecified atom stereocenters. The van der Waals surface area contributed by atoms with Crippen molar-refractivity contribution in [3.05, 3.63) is 47.2 Å². The van der Waals surface area contributed by atoms with Gasteiger partial charge in [-0.25, -0.2) is 0 Å². The van der Waals surface area contributed by atoms with Gasteiger partial charge in [0.25, 0.3) is 0 Å². The number of benzene rings is 1. The molecule has 0 aliphatic rings. The van der Waals surface area contributed by atoms with Crippen molar-refractivity contribution >= 4 is 17.6 Å². The Hall–Kier alpha value is -1.74. The van der Waals surface area contributed by atoms with E-state index in [1.807, 2.05) is 12.1 Å². The van der Waals surface area contributed by atoms with Gasteiger partial charge in [-0.05, 0) is 24.3 Å². The maximum absolute atomic E-state index is 10.5. The van der Waals surface area contributed by atoms with E-state index in [0.717, 1.165) is 5.56 Å². The van der Waals surface area contributed by atoms with E-state index in [1.165, 1.54) is 0 Å². The van der Waals surface area contributed by atoms with E-state index in [0.29, 0.717) is 16.5 Å². The van der Waals surface area contributed by atoms with Crippen molar-refractivity contribution in [3.63, 3.8) is 0 Å². The topological polar surface area (TPSA) is 50.4 Å². The van der Waals surface area contributed by atoms with Crippen LogP contribution in [-0.2, 0) is 11.2 Å². The van der Waals surface area contributed by atoms with Crippen LogP contribution in [0, 0.1) is 0 Å². The number of aliphatic carboxylic acids is 1. The van der Waals surface area contributed by atoms with Crippen molar-refractivity contribution < 1.29 is 14.3 Å². The van der Waals surface area contributed by atoms with E-state index >= 15 is 0 Å². The zero-order valence-electron chi connectivity index (χ0n) is 8.31. The molecule has 0 amide bonds. The standard InChI is InChI=1S/C12H9ClO3/c13-9-3-1-2-8(6-9)11-5-4-10(16-11)7-12(14)15/h1-6H,7H2,(H,14,15). The van der Waals surface area contributed by atoms with Crippen molar-refractivity contribution in [2.24, 2.45) is 0 Å². The molecule has 16 heavy (non-hydrogen) atoms. The van der Waals surface area contributed by atoms with E-state index in [9.17, 15) is 4.79 Å². The lowest BCUT2D eigenvalue weighted by atomic mass is 10.2. The number of hydrogen-bond acceptors (Lipinski definition) is 2. The number of carbonyl (C=O) groups is 1. The van der Waals surface area contributed by atoms with Crippen molar-refractivity contribution in [2.45, 2.75) is 6.42 Å². The molecule has 1 aromatic heterocycles. The summed E-state index contributed by atoms with van der Waals surface area (Å²) in [6.07, 6.45) is -0.111. The van der Waals surface area contributed by atoms with Crippen LogP contribution in [0.4, 0.5) is 0 Å². The molecular weight excluding hydrogens is 228 g/mol. The van der Waals surface area contributed by atoms with E-state index in [1.54, 1.807) is 24.3 Å². The molecule has 0 bridgehead atoms. The van der Waals surface area contributed by atoms with Gasteiger partial charge >= 0.3 is 5.97 Å². The second-order valence-corrected chi connectivity index (χ2v) is 3.78. The van der Waals surface area contributed by atoms with E-state index < -0.39 is 5.97 Å². The summed E-state index contributed by atoms with van der Waals surface area (Å²) in [6.45, 7) is 0. The van der Waals surface area contributed by atoms with Gasteiger partial charge in [-0.15, -0.1) is 0 Å². The molecule has 0 fully saturated rings. The SMILES string of the molecule is O=C(O)Cc1ccc(-c2cccc(Cl)c2)o1. The quantitative estimate of drug-likeness (QED) is 0.890. The summed E-state index contributed by atoms with van der Waals surface area (Å²) >= 11 is 5.85. The van der Waals surface area contributed by atoms with Crippen LogP contribution in [0.25, 0.3) is 11.3 Å². The Bertz CT molecular complexity index is 516. The van der Waals surface area contributed by atoms with Crippen LogP contribution in [0.3, 0.4) is 0 Å². The van der Waals surface area contributed by atoms with Gasteiger partial charge in [-0.1, -0.05) is 23.7 Å². The monoisotopic (exact) mass is 236 g/mol. The van der Waals surface area contributed by atoms with Gasteiger partial charge in [-0.2, -0.15) is 0 Å². The molecule has 0 radical (unpaired) electrons. The third-order valence-corrected chi connectivity index (χ3v) is 2.33. The highest BCUT2D eigenvalue weighted by Gasteiger charge is 2.07. The van der Waals surface area contributed by atoms with Crippen LogP contribution in [0.2, 0.25) is 5.02 Å². The summed E-state index contributed by atoms with van der Waals surface area (Å²) < 4.78 is 5.40. The summed E-state index contributed by atoms with van der Waals surface area (Å²) in [5.41, 5.74) is 0.837. The van der Waals surface area contributed by atoms with Gasteiger partial charge in [0, 0.05) is 10.6 Å². The number of hydrogen-bond donors (Lipinski definition) is 1. The van der Waals surface area contributed by atoms with Crippen LogP contribution in [-0.4, -0.2) is 11.1 Å². The first-order valence-corrected chi connectivity index (χ1v) is 5.09. The largest absolute Gasteiger partial charge is 0.481 e. The fourth-order valence-electron chi connectivity index (χ4n) is 1.42. The highest BCUT2D eigenvalue weighted by molar-refractivity contribution is 6.30. The molecule has 0 aliphatic carbocycles. The first-order valence-electron chi connectivity index (χ1n) is 4.71. The lowest BCUT2D eigenvalue weighted by Crippen LogP contribution is -1.97. The maximum Gasteiger partial charge on any atom is 0.311 e. The molecule has 82 valence electrons. The van der Waals surface area contributed by atoms with Crippen LogP contribution in [0.1, 0.15) is 5.76 Å². The van der Waals surface area contributed by atoms with Gasteiger partial charge in [0.05, 0.1) is 0 Å². The summed E-state index contributed by atoms with van der Waals surface area (Å²) in [6, 6.07) is 10.6. The molecule has 1 N–H and O–H groups in total. The average Bonchev–Trinajstić information content (AvgIpc) is 2.65. The van der Waals surface area contributed by atoms with Gasteiger partial charge in [-0.3, -0.25) is 4.79 Å². The molecule has 1 aromatic carbocycles. The minimum Gasteiger partial charge on any atom is -0.481 e. The molecule has 3 nitrogen and oxygen atoms in total. The van der Waals surface area contributed by atoms with E-state index in [2.05, 4.69) is 0 Å². The Morgan fingerprint density at radius 2 is 2.12 bits per heavy atom. The highest BCUT2D eigenvalue weighted by Crippen LogP contribution is 2.24. The molecule has 0 aliphatic heterocycles. The molecule has 0 saturated heterocycles. The van der Waals surface area contributed by atoms with Gasteiger partial charge in [0.15, 0.2) is 0 Å². The first-order chi connectivity index (χ1) is 7.65. The number of halogens is 1. The molecule has 4 heteroatoms. The van der Waals surface area contributed by atoms with Crippen molar-refractivity contribution in [2.75, 3.05) is 0 Å². The Kier molecular flexibility index (Phi) is 2.97. The number of furan rings is 1. The predicted molar refractivity (Wildman–Crippen MR) is 60.5 cm³/mol. The van der Waals surface area contributed by atoms with E-state index in [-0.39, 0.29) is 6.42 Å². The summed E-state index contributed by atoms with van der Waals surface area (Å²) in [4.78, 5) is 10.5. The van der Waals surface area contributed by atoms with Gasteiger partial charge < -0.3 is 9.52 Å². The third-order valence-electron chi connectivity index (χ3n) is 2.10. The summed E-state index contributed by atoms with van der Waals surface area (Å²) in [7, 11) is 0. The molecule has 2 aromatic rings. The van der Waals surface area contributed by atoms with Crippen LogP contribution in [0.15, 0.2) is 40.8 Å². The Morgan fingerprint density at radius 1 is 1.31 bits per heavy atom. The maximum atomic E-state index is 10.5. The Morgan fingerprint density at radius 3 is 2.81 bits per heavy atom. The van der Waals surface area contributed by atoms with Crippen LogP contribution >= 0.6 is 11.6 Å². The highest BCUT2D eigenvalue weighted by atomic mass is 35.5. The Balaban J connectivity index is 2.28. The first kappa shape index (κ1) is 10.8. The van der Waals surface area contributed by atoms with Gasteiger partial charge in [0.2, 0.25) is 0 Å². The molecule has 2 rings (SSSR count). The summed E-state index contributed by atoms with van der Waals surface area (Å²) in [5.74, 6) is 0.146. The zero-order chi connectivity index (χ0) is 11.5. The zero-order valence-corrected chi connectivity index (χ0v) is 9.07. The number of rotatable bonds is 3. The normalized spacial score (nSPS) is 10.3. The summed E-state index contributed by atoms with van der Waals surface area (Å²) in [5, 5.41) is 9.23. The molecule has 1 heterocycles. The minimum atomic E-state index is -0.910. The predicted octanol–water partition coefficient (Wildman–Crippen LogP) is 3.23. The third kappa shape index (κ3) is 2.44. The molecule has 0 spiro atoms. The molecule has 0 saturated carbocycles. The fraction of sp³-hybridized carbons (Fsp3) is 0.0833. The van der Waals surface area contributed by atoms with Crippen molar-refractivity contribution in [1.29, 1.82) is 0 Å². The lowest BCUT2D eigenvalue weighted by Gasteiger charge is -1.97. The second-order valence-electron chi connectivity index (χ2n) is 3.35. The van der Waals surface area contributed by atoms with Crippen LogP contribution < -0.4 is 0 Å². The van der Waals surface area contributed by atoms with Gasteiger partial charge in [0.1, 0.15) is 17.9 Å². The molecule has 0 atom stereocenters. The lowest BCUT2D eigenvalue weighted by molar-refractivity contribution is -0.136. The average molecular weight is 237 g/mol. The smallest absolute Gasteiger partial charge is 0.311 e. The number of carboxylic acids is 1. The Labute approximate surface area is 97.3 Å². The van der Waals surface area contributed by atoms with Crippen molar-refractivity contribution in [3.8, 4) is 11.3 Å². The second kappa shape index (κ2) is 4.41. The van der Waals surface area contributed by atoms with E-state index in [4.69, 9.17) is 21.1 Å². The number of carboxylic acid groups (broad SMARTS) is 1. The van der Waals surface area contributed by atoms with Crippen molar-refractivity contribution in [1.82, 2.24) is 0 Å². The minimum absolute atomic E-state index is 0.111. The molecular formula is C12H9ClO3.